The van der Waals surface area contributed by atoms with Crippen molar-refractivity contribution in [3.63, 3.8) is 0 Å². The van der Waals surface area contributed by atoms with E-state index in [2.05, 4.69) is 31.1 Å². The highest BCUT2D eigenvalue weighted by atomic mass is 16.3. The minimum absolute atomic E-state index is 0.0297. The summed E-state index contributed by atoms with van der Waals surface area (Å²) in [7, 11) is 0. The van der Waals surface area contributed by atoms with Crippen LogP contribution in [0.5, 0.6) is 0 Å². The van der Waals surface area contributed by atoms with Crippen LogP contribution in [-0.2, 0) is 11.3 Å². The summed E-state index contributed by atoms with van der Waals surface area (Å²) < 4.78 is 5.51. The van der Waals surface area contributed by atoms with Crippen LogP contribution in [-0.4, -0.2) is 33.8 Å². The Morgan fingerprint density at radius 2 is 1.85 bits per heavy atom. The standard InChI is InChI=1S/C21H37N3O3/c1-7-11-12-17(10-4)21(26)24(16(6)9-3)13-19-23-18(14-27-19)20(25)22-15(5)8-2/h14-17H,7-13H2,1-6H3,(H,22,25)/t15-,16+,17+/m1/s1. The zero-order valence-electron chi connectivity index (χ0n) is 17.9. The number of aromatic nitrogens is 1. The lowest BCUT2D eigenvalue weighted by Crippen LogP contribution is -2.41. The van der Waals surface area contributed by atoms with Gasteiger partial charge in [-0.25, -0.2) is 4.98 Å². The van der Waals surface area contributed by atoms with Crippen molar-refractivity contribution in [2.24, 2.45) is 5.92 Å². The van der Waals surface area contributed by atoms with E-state index in [9.17, 15) is 9.59 Å². The van der Waals surface area contributed by atoms with Crippen molar-refractivity contribution in [1.82, 2.24) is 15.2 Å². The highest BCUT2D eigenvalue weighted by Gasteiger charge is 2.27. The van der Waals surface area contributed by atoms with E-state index in [4.69, 9.17) is 4.42 Å². The lowest BCUT2D eigenvalue weighted by molar-refractivity contribution is -0.139. The maximum absolute atomic E-state index is 13.1. The fourth-order valence-electron chi connectivity index (χ4n) is 2.89. The van der Waals surface area contributed by atoms with Gasteiger partial charge in [-0.2, -0.15) is 0 Å². The van der Waals surface area contributed by atoms with Crippen molar-refractivity contribution in [2.45, 2.75) is 98.7 Å². The summed E-state index contributed by atoms with van der Waals surface area (Å²) >= 11 is 0. The summed E-state index contributed by atoms with van der Waals surface area (Å²) in [4.78, 5) is 31.4. The van der Waals surface area contributed by atoms with Crippen LogP contribution >= 0.6 is 0 Å². The maximum Gasteiger partial charge on any atom is 0.273 e. The van der Waals surface area contributed by atoms with Gasteiger partial charge in [0.25, 0.3) is 5.91 Å². The fraction of sp³-hybridized carbons (Fsp3) is 0.762. The van der Waals surface area contributed by atoms with Gasteiger partial charge in [-0.05, 0) is 39.5 Å². The SMILES string of the molecule is CCCC[C@H](CC)C(=O)N(Cc1nc(C(=O)N[C@H](C)CC)co1)[C@@H](C)CC. The third-order valence-corrected chi connectivity index (χ3v) is 5.23. The molecule has 2 amide bonds. The van der Waals surface area contributed by atoms with Gasteiger partial charge in [0.2, 0.25) is 11.8 Å². The molecule has 0 fully saturated rings. The van der Waals surface area contributed by atoms with Crippen molar-refractivity contribution < 1.29 is 14.0 Å². The molecule has 0 saturated heterocycles. The first-order chi connectivity index (χ1) is 12.9. The number of nitrogens with one attached hydrogen (secondary N) is 1. The van der Waals surface area contributed by atoms with E-state index < -0.39 is 0 Å². The van der Waals surface area contributed by atoms with Crippen molar-refractivity contribution >= 4 is 11.8 Å². The van der Waals surface area contributed by atoms with Crippen LogP contribution in [0.3, 0.4) is 0 Å². The first-order valence-corrected chi connectivity index (χ1v) is 10.4. The Labute approximate surface area is 164 Å². The molecule has 0 saturated carbocycles. The molecule has 3 atom stereocenters. The van der Waals surface area contributed by atoms with Crippen LogP contribution in [0.25, 0.3) is 0 Å². The van der Waals surface area contributed by atoms with E-state index in [0.717, 1.165) is 38.5 Å². The van der Waals surface area contributed by atoms with Gasteiger partial charge in [-0.15, -0.1) is 0 Å². The second-order valence-corrected chi connectivity index (χ2v) is 7.38. The molecular formula is C21H37N3O3. The normalized spacial score (nSPS) is 14.4. The molecule has 1 heterocycles. The van der Waals surface area contributed by atoms with Crippen molar-refractivity contribution in [1.29, 1.82) is 0 Å². The predicted molar refractivity (Wildman–Crippen MR) is 107 cm³/mol. The Morgan fingerprint density at radius 3 is 2.41 bits per heavy atom. The van der Waals surface area contributed by atoms with Gasteiger partial charge >= 0.3 is 0 Å². The molecule has 0 radical (unpaired) electrons. The van der Waals surface area contributed by atoms with Gasteiger partial charge in [0.05, 0.1) is 6.54 Å². The second-order valence-electron chi connectivity index (χ2n) is 7.38. The Morgan fingerprint density at radius 1 is 1.15 bits per heavy atom. The van der Waals surface area contributed by atoms with Gasteiger partial charge in [0.15, 0.2) is 5.69 Å². The number of unbranched alkanes of at least 4 members (excludes halogenated alkanes) is 1. The lowest BCUT2D eigenvalue weighted by Gasteiger charge is -2.31. The molecule has 6 nitrogen and oxygen atoms in total. The highest BCUT2D eigenvalue weighted by Crippen LogP contribution is 2.20. The van der Waals surface area contributed by atoms with Gasteiger partial charge in [-0.1, -0.05) is 40.5 Å². The molecule has 0 spiro atoms. The van der Waals surface area contributed by atoms with Crippen LogP contribution in [0.15, 0.2) is 10.7 Å². The van der Waals surface area contributed by atoms with Gasteiger partial charge < -0.3 is 14.6 Å². The Kier molecular flexibility index (Phi) is 10.1. The average molecular weight is 380 g/mol. The van der Waals surface area contributed by atoms with Gasteiger partial charge in [0.1, 0.15) is 6.26 Å². The molecule has 0 aliphatic rings. The molecule has 1 aromatic rings. The molecule has 6 heteroatoms. The highest BCUT2D eigenvalue weighted by molar-refractivity contribution is 5.92. The minimum Gasteiger partial charge on any atom is -0.446 e. The Balaban J connectivity index is 2.88. The number of carbonyl (C=O) groups excluding carboxylic acids is 2. The van der Waals surface area contributed by atoms with Crippen LogP contribution in [0.2, 0.25) is 0 Å². The number of rotatable bonds is 12. The van der Waals surface area contributed by atoms with E-state index in [1.165, 1.54) is 6.26 Å². The number of amides is 2. The molecule has 0 aliphatic heterocycles. The van der Waals surface area contributed by atoms with Crippen LogP contribution in [0.4, 0.5) is 0 Å². The number of hydrogen-bond donors (Lipinski definition) is 1. The van der Waals surface area contributed by atoms with Crippen molar-refractivity contribution in [2.75, 3.05) is 0 Å². The average Bonchev–Trinajstić information content (AvgIpc) is 3.14. The molecule has 1 rings (SSSR count). The molecule has 0 bridgehead atoms. The van der Waals surface area contributed by atoms with Gasteiger partial charge in [-0.3, -0.25) is 9.59 Å². The molecule has 0 unspecified atom stereocenters. The van der Waals surface area contributed by atoms with E-state index >= 15 is 0 Å². The first kappa shape index (κ1) is 23.2. The molecule has 0 aromatic carbocycles. The van der Waals surface area contributed by atoms with Gasteiger partial charge in [0, 0.05) is 18.0 Å². The fourth-order valence-corrected chi connectivity index (χ4v) is 2.89. The summed E-state index contributed by atoms with van der Waals surface area (Å²) in [5.41, 5.74) is 0.264. The summed E-state index contributed by atoms with van der Waals surface area (Å²) in [6.07, 6.45) is 6.97. The Bertz CT molecular complexity index is 585. The topological polar surface area (TPSA) is 75.4 Å². The van der Waals surface area contributed by atoms with E-state index in [-0.39, 0.29) is 35.5 Å². The van der Waals surface area contributed by atoms with Crippen molar-refractivity contribution in [3.8, 4) is 0 Å². The summed E-state index contributed by atoms with van der Waals surface area (Å²) in [6, 6.07) is 0.178. The smallest absolute Gasteiger partial charge is 0.273 e. The third-order valence-electron chi connectivity index (χ3n) is 5.23. The summed E-state index contributed by atoms with van der Waals surface area (Å²) in [5.74, 6) is 0.352. The largest absolute Gasteiger partial charge is 0.446 e. The predicted octanol–water partition coefficient (Wildman–Crippen LogP) is 4.55. The number of oxazole rings is 1. The van der Waals surface area contributed by atoms with E-state index in [1.54, 1.807) is 0 Å². The molecule has 27 heavy (non-hydrogen) atoms. The van der Waals surface area contributed by atoms with Crippen LogP contribution < -0.4 is 5.32 Å². The molecule has 0 aliphatic carbocycles. The van der Waals surface area contributed by atoms with Crippen LogP contribution in [0, 0.1) is 5.92 Å². The molecule has 154 valence electrons. The molecule has 1 N–H and O–H groups in total. The summed E-state index contributed by atoms with van der Waals surface area (Å²) in [5, 5.41) is 2.88. The van der Waals surface area contributed by atoms with Crippen LogP contribution in [0.1, 0.15) is 96.4 Å². The number of nitrogens with zero attached hydrogens (tertiary/aromatic N) is 2. The quantitative estimate of drug-likeness (QED) is 0.578. The third kappa shape index (κ3) is 7.00. The maximum atomic E-state index is 13.1. The minimum atomic E-state index is -0.241. The zero-order valence-corrected chi connectivity index (χ0v) is 17.9. The summed E-state index contributed by atoms with van der Waals surface area (Å²) in [6.45, 7) is 12.6. The first-order valence-electron chi connectivity index (χ1n) is 10.4. The second kappa shape index (κ2) is 11.8. The van der Waals surface area contributed by atoms with E-state index in [0.29, 0.717) is 12.4 Å². The zero-order chi connectivity index (χ0) is 20.4. The van der Waals surface area contributed by atoms with E-state index in [1.807, 2.05) is 25.7 Å². The Hall–Kier alpha value is -1.85. The number of carbonyl (C=O) groups is 2. The van der Waals surface area contributed by atoms with Crippen molar-refractivity contribution in [3.05, 3.63) is 17.8 Å². The monoisotopic (exact) mass is 379 g/mol. The number of hydrogen-bond acceptors (Lipinski definition) is 4. The molecule has 1 aromatic heterocycles. The molecular weight excluding hydrogens is 342 g/mol. The lowest BCUT2D eigenvalue weighted by atomic mass is 9.97.